The van der Waals surface area contributed by atoms with E-state index < -0.39 is 0 Å². The quantitative estimate of drug-likeness (QED) is 0.860. The predicted octanol–water partition coefficient (Wildman–Crippen LogP) is 1.84. The van der Waals surface area contributed by atoms with Gasteiger partial charge in [-0.25, -0.2) is 9.97 Å². The summed E-state index contributed by atoms with van der Waals surface area (Å²) in [7, 11) is 0. The molecule has 0 bridgehead atoms. The number of rotatable bonds is 6. The van der Waals surface area contributed by atoms with E-state index in [4.69, 9.17) is 4.74 Å². The third kappa shape index (κ3) is 4.42. The standard InChI is InChI=1S/C15H26N4O/c1-4-14-11-19(5-6-20-14)15-17-9-13(10-18-15)8-16-7-12(2)3/h9-10,12,14,16H,4-8,11H2,1-3H3. The van der Waals surface area contributed by atoms with Crippen LogP contribution in [-0.4, -0.2) is 42.3 Å². The average molecular weight is 278 g/mol. The molecule has 112 valence electrons. The number of ether oxygens (including phenoxy) is 1. The van der Waals surface area contributed by atoms with Gasteiger partial charge in [-0.15, -0.1) is 0 Å². The maximum atomic E-state index is 5.67. The zero-order valence-corrected chi connectivity index (χ0v) is 12.8. The van der Waals surface area contributed by atoms with Crippen LogP contribution in [0, 0.1) is 5.92 Å². The van der Waals surface area contributed by atoms with Gasteiger partial charge in [0.05, 0.1) is 12.7 Å². The summed E-state index contributed by atoms with van der Waals surface area (Å²) < 4.78 is 5.67. The van der Waals surface area contributed by atoms with E-state index in [1.54, 1.807) is 0 Å². The fourth-order valence-corrected chi connectivity index (χ4v) is 2.26. The topological polar surface area (TPSA) is 50.3 Å². The number of morpholine rings is 1. The molecule has 5 nitrogen and oxygen atoms in total. The van der Waals surface area contributed by atoms with Crippen molar-refractivity contribution in [2.75, 3.05) is 31.1 Å². The fraction of sp³-hybridized carbons (Fsp3) is 0.733. The second kappa shape index (κ2) is 7.55. The molecule has 0 amide bonds. The maximum Gasteiger partial charge on any atom is 0.225 e. The first-order chi connectivity index (χ1) is 9.69. The number of hydrogen-bond donors (Lipinski definition) is 1. The van der Waals surface area contributed by atoms with Crippen LogP contribution in [0.25, 0.3) is 0 Å². The molecule has 0 aromatic carbocycles. The molecule has 0 saturated carbocycles. The maximum absolute atomic E-state index is 5.67. The third-order valence-electron chi connectivity index (χ3n) is 3.45. The van der Waals surface area contributed by atoms with Crippen molar-refractivity contribution in [2.45, 2.75) is 39.8 Å². The summed E-state index contributed by atoms with van der Waals surface area (Å²) >= 11 is 0. The van der Waals surface area contributed by atoms with Crippen molar-refractivity contribution < 1.29 is 4.74 Å². The van der Waals surface area contributed by atoms with Gasteiger partial charge >= 0.3 is 0 Å². The molecule has 1 N–H and O–H groups in total. The smallest absolute Gasteiger partial charge is 0.225 e. The Bertz CT molecular complexity index is 393. The van der Waals surface area contributed by atoms with Gasteiger partial charge in [0.2, 0.25) is 5.95 Å². The van der Waals surface area contributed by atoms with Crippen LogP contribution in [0.4, 0.5) is 5.95 Å². The summed E-state index contributed by atoms with van der Waals surface area (Å²) in [5.41, 5.74) is 1.13. The zero-order valence-electron chi connectivity index (χ0n) is 12.8. The molecule has 2 rings (SSSR count). The minimum absolute atomic E-state index is 0.305. The molecule has 5 heteroatoms. The molecule has 0 aliphatic carbocycles. The van der Waals surface area contributed by atoms with Crippen LogP contribution in [-0.2, 0) is 11.3 Å². The lowest BCUT2D eigenvalue weighted by molar-refractivity contribution is 0.0379. The van der Waals surface area contributed by atoms with E-state index in [1.807, 2.05) is 12.4 Å². The minimum Gasteiger partial charge on any atom is -0.375 e. The summed E-state index contributed by atoms with van der Waals surface area (Å²) in [5, 5.41) is 3.40. The van der Waals surface area contributed by atoms with Gasteiger partial charge in [-0.2, -0.15) is 0 Å². The summed E-state index contributed by atoms with van der Waals surface area (Å²) in [6, 6.07) is 0. The first kappa shape index (κ1) is 15.2. The Morgan fingerprint density at radius 2 is 2.15 bits per heavy atom. The Hall–Kier alpha value is -1.20. The number of nitrogens with zero attached hydrogens (tertiary/aromatic N) is 3. The molecule has 1 aliphatic heterocycles. The van der Waals surface area contributed by atoms with Crippen molar-refractivity contribution in [1.82, 2.24) is 15.3 Å². The highest BCUT2D eigenvalue weighted by Gasteiger charge is 2.20. The summed E-state index contributed by atoms with van der Waals surface area (Å²) in [6.07, 6.45) is 5.19. The molecule has 2 heterocycles. The van der Waals surface area contributed by atoms with Crippen LogP contribution in [0.3, 0.4) is 0 Å². The highest BCUT2D eigenvalue weighted by Crippen LogP contribution is 2.14. The van der Waals surface area contributed by atoms with E-state index in [-0.39, 0.29) is 0 Å². The Morgan fingerprint density at radius 1 is 1.40 bits per heavy atom. The van der Waals surface area contributed by atoms with Gasteiger partial charge in [0.15, 0.2) is 0 Å². The SMILES string of the molecule is CCC1CN(c2ncc(CNCC(C)C)cn2)CCO1. The molecule has 0 spiro atoms. The molecule has 1 aromatic rings. The van der Waals surface area contributed by atoms with Crippen molar-refractivity contribution in [1.29, 1.82) is 0 Å². The highest BCUT2D eigenvalue weighted by molar-refractivity contribution is 5.30. The molecule has 1 aliphatic rings. The highest BCUT2D eigenvalue weighted by atomic mass is 16.5. The number of aromatic nitrogens is 2. The molecule has 1 fully saturated rings. The molecule has 1 saturated heterocycles. The molecular weight excluding hydrogens is 252 g/mol. The van der Waals surface area contributed by atoms with Crippen LogP contribution < -0.4 is 10.2 Å². The minimum atomic E-state index is 0.305. The summed E-state index contributed by atoms with van der Waals surface area (Å²) in [6.45, 7) is 10.9. The van der Waals surface area contributed by atoms with E-state index in [2.05, 4.69) is 41.0 Å². The van der Waals surface area contributed by atoms with Gasteiger partial charge in [-0.05, 0) is 18.9 Å². The van der Waals surface area contributed by atoms with Crippen molar-refractivity contribution in [3.05, 3.63) is 18.0 Å². The molecule has 20 heavy (non-hydrogen) atoms. The van der Waals surface area contributed by atoms with Crippen LogP contribution in [0.15, 0.2) is 12.4 Å². The fourth-order valence-electron chi connectivity index (χ4n) is 2.26. The van der Waals surface area contributed by atoms with Crippen molar-refractivity contribution in [3.63, 3.8) is 0 Å². The van der Waals surface area contributed by atoms with E-state index in [0.717, 1.165) is 50.7 Å². The van der Waals surface area contributed by atoms with Crippen LogP contribution in [0.1, 0.15) is 32.8 Å². The van der Waals surface area contributed by atoms with Crippen molar-refractivity contribution >= 4 is 5.95 Å². The zero-order chi connectivity index (χ0) is 14.4. The first-order valence-electron chi connectivity index (χ1n) is 7.57. The summed E-state index contributed by atoms with van der Waals surface area (Å²) in [5.74, 6) is 1.48. The molecule has 1 unspecified atom stereocenters. The largest absolute Gasteiger partial charge is 0.375 e. The van der Waals surface area contributed by atoms with Crippen LogP contribution in [0.2, 0.25) is 0 Å². The molecule has 1 aromatic heterocycles. The van der Waals surface area contributed by atoms with Crippen molar-refractivity contribution in [2.24, 2.45) is 5.92 Å². The monoisotopic (exact) mass is 278 g/mol. The summed E-state index contributed by atoms with van der Waals surface area (Å²) in [4.78, 5) is 11.2. The lowest BCUT2D eigenvalue weighted by atomic mass is 10.2. The predicted molar refractivity (Wildman–Crippen MR) is 80.8 cm³/mol. The van der Waals surface area contributed by atoms with Gasteiger partial charge in [0.25, 0.3) is 0 Å². The van der Waals surface area contributed by atoms with Gasteiger partial charge in [0, 0.05) is 37.6 Å². The number of hydrogen-bond acceptors (Lipinski definition) is 5. The van der Waals surface area contributed by atoms with E-state index in [9.17, 15) is 0 Å². The van der Waals surface area contributed by atoms with E-state index in [1.165, 1.54) is 0 Å². The van der Waals surface area contributed by atoms with Crippen molar-refractivity contribution in [3.8, 4) is 0 Å². The normalized spacial score (nSPS) is 19.6. The Morgan fingerprint density at radius 3 is 2.80 bits per heavy atom. The van der Waals surface area contributed by atoms with E-state index >= 15 is 0 Å². The van der Waals surface area contributed by atoms with Gasteiger partial charge in [-0.1, -0.05) is 20.8 Å². The lowest BCUT2D eigenvalue weighted by Gasteiger charge is -2.32. The van der Waals surface area contributed by atoms with Gasteiger partial charge in [-0.3, -0.25) is 0 Å². The Labute approximate surface area is 121 Å². The van der Waals surface area contributed by atoms with Crippen LogP contribution in [0.5, 0.6) is 0 Å². The number of anilines is 1. The number of nitrogens with one attached hydrogen (secondary N) is 1. The van der Waals surface area contributed by atoms with Gasteiger partial charge in [0.1, 0.15) is 0 Å². The molecule has 0 radical (unpaired) electrons. The average Bonchev–Trinajstić information content (AvgIpc) is 2.48. The second-order valence-corrected chi connectivity index (χ2v) is 5.76. The Kier molecular flexibility index (Phi) is 5.73. The van der Waals surface area contributed by atoms with E-state index in [0.29, 0.717) is 12.0 Å². The third-order valence-corrected chi connectivity index (χ3v) is 3.45. The Balaban J connectivity index is 1.87. The first-order valence-corrected chi connectivity index (χ1v) is 7.57. The van der Waals surface area contributed by atoms with Gasteiger partial charge < -0.3 is 15.0 Å². The molecule has 1 atom stereocenters. The molecular formula is C15H26N4O. The second-order valence-electron chi connectivity index (χ2n) is 5.76. The van der Waals surface area contributed by atoms with Crippen LogP contribution >= 0.6 is 0 Å². The lowest BCUT2D eigenvalue weighted by Crippen LogP contribution is -2.43.